The van der Waals surface area contributed by atoms with Crippen molar-refractivity contribution in [2.45, 2.75) is 44.6 Å². The van der Waals surface area contributed by atoms with Gasteiger partial charge in [-0.15, -0.1) is 0 Å². The van der Waals surface area contributed by atoms with E-state index < -0.39 is 0 Å². The quantitative estimate of drug-likeness (QED) is 0.629. The molecule has 0 N–H and O–H groups in total. The molecule has 0 bridgehead atoms. The summed E-state index contributed by atoms with van der Waals surface area (Å²) in [6.07, 6.45) is 4.84. The van der Waals surface area contributed by atoms with Crippen LogP contribution in [-0.2, 0) is 9.53 Å². The van der Waals surface area contributed by atoms with E-state index in [1.165, 1.54) is 12.8 Å². The molecule has 0 aromatic carbocycles. The third-order valence-corrected chi connectivity index (χ3v) is 3.19. The van der Waals surface area contributed by atoms with Gasteiger partial charge in [-0.25, -0.2) is 0 Å². The lowest BCUT2D eigenvalue weighted by molar-refractivity contribution is -0.144. The van der Waals surface area contributed by atoms with Crippen LogP contribution >= 0.6 is 0 Å². The van der Waals surface area contributed by atoms with E-state index in [1.807, 2.05) is 0 Å². The molecule has 1 atom stereocenters. The highest BCUT2D eigenvalue weighted by Crippen LogP contribution is 2.47. The Morgan fingerprint density at radius 3 is 2.83 bits per heavy atom. The Morgan fingerprint density at radius 1 is 1.58 bits per heavy atom. The summed E-state index contributed by atoms with van der Waals surface area (Å²) in [5.74, 6) is 1.08. The number of Topliss-reactive ketones (excluding diaryl/α,β-unsaturated/α-hetero) is 1. The molecule has 0 aromatic rings. The Bertz CT molecular complexity index is 196. The van der Waals surface area contributed by atoms with Crippen molar-refractivity contribution in [1.29, 1.82) is 0 Å². The van der Waals surface area contributed by atoms with Crippen molar-refractivity contribution < 1.29 is 9.53 Å². The first-order valence-corrected chi connectivity index (χ1v) is 4.92. The fourth-order valence-corrected chi connectivity index (χ4v) is 2.23. The molecule has 1 aliphatic heterocycles. The highest BCUT2D eigenvalue weighted by molar-refractivity contribution is 5.80. The Hall–Kier alpha value is -0.370. The van der Waals surface area contributed by atoms with Gasteiger partial charge in [0.05, 0.1) is 12.2 Å². The molecule has 2 heteroatoms. The fourth-order valence-electron chi connectivity index (χ4n) is 2.23. The second-order valence-corrected chi connectivity index (χ2v) is 4.01. The fraction of sp³-hybridized carbons (Fsp3) is 0.900. The molecule has 1 heterocycles. The summed E-state index contributed by atoms with van der Waals surface area (Å²) in [6, 6.07) is 0. The third-order valence-electron chi connectivity index (χ3n) is 3.19. The molecule has 1 saturated carbocycles. The maximum atomic E-state index is 11.3. The average Bonchev–Trinajstić information content (AvgIpc) is 2.86. The Balaban J connectivity index is 2.08. The van der Waals surface area contributed by atoms with Crippen molar-refractivity contribution in [2.24, 2.45) is 5.92 Å². The second-order valence-electron chi connectivity index (χ2n) is 4.01. The smallest absolute Gasteiger partial charge is 0.138 e. The van der Waals surface area contributed by atoms with Crippen molar-refractivity contribution in [1.82, 2.24) is 0 Å². The number of rotatable bonds is 2. The molecule has 0 spiro atoms. The standard InChI is InChI=1S/C10H16O2/c1-2-10(8-3-4-8)7-9(11)5-6-12-10/h8H,2-7H2,1H3. The maximum Gasteiger partial charge on any atom is 0.138 e. The minimum Gasteiger partial charge on any atom is -0.374 e. The van der Waals surface area contributed by atoms with Crippen LogP contribution < -0.4 is 0 Å². The van der Waals surface area contributed by atoms with Crippen LogP contribution in [0.15, 0.2) is 0 Å². The zero-order chi connectivity index (χ0) is 8.60. The Labute approximate surface area is 73.3 Å². The number of ether oxygens (including phenoxy) is 1. The second kappa shape index (κ2) is 2.84. The topological polar surface area (TPSA) is 26.3 Å². The molecule has 2 rings (SSSR count). The SMILES string of the molecule is CCC1(C2CC2)CC(=O)CCO1. The number of hydrogen-bond acceptors (Lipinski definition) is 2. The van der Waals surface area contributed by atoms with E-state index in [-0.39, 0.29) is 5.60 Å². The summed E-state index contributed by atoms with van der Waals surface area (Å²) in [5.41, 5.74) is -0.0463. The van der Waals surface area contributed by atoms with Gasteiger partial charge in [0.2, 0.25) is 0 Å². The first-order valence-electron chi connectivity index (χ1n) is 4.92. The van der Waals surface area contributed by atoms with E-state index in [0.717, 1.165) is 6.42 Å². The van der Waals surface area contributed by atoms with Gasteiger partial charge >= 0.3 is 0 Å². The predicted octanol–water partition coefficient (Wildman–Crippen LogP) is 1.92. The molecule has 1 aliphatic carbocycles. The van der Waals surface area contributed by atoms with Gasteiger partial charge in [0, 0.05) is 12.8 Å². The maximum absolute atomic E-state index is 11.3. The van der Waals surface area contributed by atoms with Crippen molar-refractivity contribution in [3.8, 4) is 0 Å². The summed E-state index contributed by atoms with van der Waals surface area (Å²) in [5, 5.41) is 0. The van der Waals surface area contributed by atoms with E-state index >= 15 is 0 Å². The molecule has 0 aromatic heterocycles. The largest absolute Gasteiger partial charge is 0.374 e. The minimum absolute atomic E-state index is 0.0463. The first kappa shape index (κ1) is 8.24. The average molecular weight is 168 g/mol. The molecule has 0 amide bonds. The van der Waals surface area contributed by atoms with Crippen LogP contribution in [0.1, 0.15) is 39.0 Å². The zero-order valence-corrected chi connectivity index (χ0v) is 7.64. The molecule has 1 saturated heterocycles. The molecule has 12 heavy (non-hydrogen) atoms. The molecule has 2 fully saturated rings. The van der Waals surface area contributed by atoms with Gasteiger partial charge < -0.3 is 4.74 Å². The molecular formula is C10H16O2. The summed E-state index contributed by atoms with van der Waals surface area (Å²) in [6.45, 7) is 2.79. The summed E-state index contributed by atoms with van der Waals surface area (Å²) < 4.78 is 5.79. The van der Waals surface area contributed by atoms with Crippen LogP contribution in [0, 0.1) is 5.92 Å². The van der Waals surface area contributed by atoms with E-state index in [1.54, 1.807) is 0 Å². The zero-order valence-electron chi connectivity index (χ0n) is 7.64. The summed E-state index contributed by atoms with van der Waals surface area (Å²) in [7, 11) is 0. The molecule has 2 aliphatic rings. The highest BCUT2D eigenvalue weighted by atomic mass is 16.5. The van der Waals surface area contributed by atoms with E-state index in [2.05, 4.69) is 6.92 Å². The van der Waals surface area contributed by atoms with Gasteiger partial charge in [-0.05, 0) is 25.2 Å². The van der Waals surface area contributed by atoms with Gasteiger partial charge in [0.15, 0.2) is 0 Å². The monoisotopic (exact) mass is 168 g/mol. The van der Waals surface area contributed by atoms with Crippen molar-refractivity contribution in [3.05, 3.63) is 0 Å². The van der Waals surface area contributed by atoms with Gasteiger partial charge in [0.1, 0.15) is 5.78 Å². The van der Waals surface area contributed by atoms with Crippen LogP contribution in [0.25, 0.3) is 0 Å². The van der Waals surface area contributed by atoms with Crippen LogP contribution in [-0.4, -0.2) is 18.0 Å². The van der Waals surface area contributed by atoms with Crippen molar-refractivity contribution in [3.63, 3.8) is 0 Å². The molecule has 68 valence electrons. The number of carbonyl (C=O) groups is 1. The van der Waals surface area contributed by atoms with Gasteiger partial charge in [-0.1, -0.05) is 6.92 Å². The van der Waals surface area contributed by atoms with Crippen LogP contribution in [0.4, 0.5) is 0 Å². The van der Waals surface area contributed by atoms with E-state index in [4.69, 9.17) is 4.74 Å². The summed E-state index contributed by atoms with van der Waals surface area (Å²) >= 11 is 0. The first-order chi connectivity index (χ1) is 5.77. The predicted molar refractivity (Wildman–Crippen MR) is 45.9 cm³/mol. The lowest BCUT2D eigenvalue weighted by atomic mass is 9.86. The number of hydrogen-bond donors (Lipinski definition) is 0. The van der Waals surface area contributed by atoms with Crippen molar-refractivity contribution >= 4 is 5.78 Å². The van der Waals surface area contributed by atoms with Gasteiger partial charge in [-0.2, -0.15) is 0 Å². The lowest BCUT2D eigenvalue weighted by Gasteiger charge is -2.36. The van der Waals surface area contributed by atoms with Crippen LogP contribution in [0.5, 0.6) is 0 Å². The number of ketones is 1. The van der Waals surface area contributed by atoms with Gasteiger partial charge in [-0.3, -0.25) is 4.79 Å². The van der Waals surface area contributed by atoms with Gasteiger partial charge in [0.25, 0.3) is 0 Å². The summed E-state index contributed by atoms with van der Waals surface area (Å²) in [4.78, 5) is 11.3. The van der Waals surface area contributed by atoms with E-state index in [9.17, 15) is 4.79 Å². The molecule has 1 unspecified atom stereocenters. The molecular weight excluding hydrogens is 152 g/mol. The molecule has 0 radical (unpaired) electrons. The van der Waals surface area contributed by atoms with E-state index in [0.29, 0.717) is 31.1 Å². The van der Waals surface area contributed by atoms with Crippen molar-refractivity contribution in [2.75, 3.05) is 6.61 Å². The normalized spacial score (nSPS) is 36.9. The van der Waals surface area contributed by atoms with Crippen LogP contribution in [0.2, 0.25) is 0 Å². The molecule has 2 nitrogen and oxygen atoms in total. The lowest BCUT2D eigenvalue weighted by Crippen LogP contribution is -2.41. The van der Waals surface area contributed by atoms with Crippen LogP contribution in [0.3, 0.4) is 0 Å². The minimum atomic E-state index is -0.0463. The Kier molecular flexibility index (Phi) is 1.95. The third kappa shape index (κ3) is 1.28. The number of carbonyl (C=O) groups excluding carboxylic acids is 1. The highest BCUT2D eigenvalue weighted by Gasteiger charge is 2.47. The Morgan fingerprint density at radius 2 is 2.33 bits per heavy atom.